The number of pyridine rings is 1. The number of benzene rings is 1. The second-order valence-electron chi connectivity index (χ2n) is 5.16. The number of anilines is 2. The predicted octanol–water partition coefficient (Wildman–Crippen LogP) is 3.14. The Bertz CT molecular complexity index is 739. The monoisotopic (exact) mass is 337 g/mol. The molecule has 0 bridgehead atoms. The van der Waals surface area contributed by atoms with E-state index >= 15 is 0 Å². The fourth-order valence-corrected chi connectivity index (χ4v) is 3.58. The Hall–Kier alpha value is -1.79. The average molecular weight is 338 g/mol. The van der Waals surface area contributed by atoms with Gasteiger partial charge in [-0.2, -0.15) is 0 Å². The van der Waals surface area contributed by atoms with Crippen molar-refractivity contribution in [2.24, 2.45) is 0 Å². The molecule has 0 amide bonds. The minimum atomic E-state index is -3.62. The van der Waals surface area contributed by atoms with E-state index in [9.17, 15) is 8.42 Å². The first-order valence-electron chi connectivity index (χ1n) is 7.04. The second kappa shape index (κ2) is 6.14. The summed E-state index contributed by atoms with van der Waals surface area (Å²) in [6, 6.07) is 9.60. The molecule has 1 N–H and O–H groups in total. The molecule has 2 heterocycles. The number of nitrogens with zero attached hydrogens (tertiary/aromatic N) is 2. The summed E-state index contributed by atoms with van der Waals surface area (Å²) in [5.41, 5.74) is 0.442. The smallest absolute Gasteiger partial charge is 0.261 e. The van der Waals surface area contributed by atoms with Crippen LogP contribution < -0.4 is 9.62 Å². The molecule has 5 nitrogen and oxygen atoms in total. The summed E-state index contributed by atoms with van der Waals surface area (Å²) in [5, 5.41) is 0.496. The van der Waals surface area contributed by atoms with E-state index in [0.717, 1.165) is 18.9 Å². The third kappa shape index (κ3) is 3.34. The van der Waals surface area contributed by atoms with Crippen molar-refractivity contribution < 1.29 is 8.42 Å². The van der Waals surface area contributed by atoms with Gasteiger partial charge in [-0.05, 0) is 49.2 Å². The van der Waals surface area contributed by atoms with Gasteiger partial charge < -0.3 is 4.90 Å². The highest BCUT2D eigenvalue weighted by Gasteiger charge is 2.16. The molecule has 1 aromatic carbocycles. The van der Waals surface area contributed by atoms with Gasteiger partial charge in [-0.3, -0.25) is 4.72 Å². The zero-order valence-electron chi connectivity index (χ0n) is 11.9. The van der Waals surface area contributed by atoms with Crippen molar-refractivity contribution in [2.45, 2.75) is 17.7 Å². The van der Waals surface area contributed by atoms with Crippen LogP contribution in [0.15, 0.2) is 47.5 Å². The van der Waals surface area contributed by atoms with E-state index in [4.69, 9.17) is 11.6 Å². The van der Waals surface area contributed by atoms with Crippen LogP contribution in [-0.4, -0.2) is 26.5 Å². The Balaban J connectivity index is 1.75. The number of halogens is 1. The third-order valence-electron chi connectivity index (χ3n) is 3.55. The molecule has 0 aliphatic carbocycles. The summed E-state index contributed by atoms with van der Waals surface area (Å²) in [6.07, 6.45) is 3.89. The van der Waals surface area contributed by atoms with Crippen LogP contribution in [0.4, 0.5) is 11.5 Å². The number of aromatic nitrogens is 1. The Morgan fingerprint density at radius 1 is 1.05 bits per heavy atom. The number of nitrogens with one attached hydrogen (secondary N) is 1. The minimum absolute atomic E-state index is 0.167. The van der Waals surface area contributed by atoms with Crippen molar-refractivity contribution in [3.63, 3.8) is 0 Å². The normalized spacial score (nSPS) is 15.0. The highest BCUT2D eigenvalue weighted by Crippen LogP contribution is 2.21. The van der Waals surface area contributed by atoms with E-state index in [0.29, 0.717) is 10.7 Å². The molecule has 1 fully saturated rings. The quantitative estimate of drug-likeness (QED) is 0.931. The van der Waals surface area contributed by atoms with Gasteiger partial charge in [0.05, 0.1) is 16.8 Å². The summed E-state index contributed by atoms with van der Waals surface area (Å²) in [4.78, 5) is 6.69. The van der Waals surface area contributed by atoms with E-state index in [1.165, 1.54) is 25.0 Å². The maximum Gasteiger partial charge on any atom is 0.261 e. The molecule has 116 valence electrons. The van der Waals surface area contributed by atoms with E-state index in [-0.39, 0.29) is 4.90 Å². The maximum absolute atomic E-state index is 12.3. The van der Waals surface area contributed by atoms with Gasteiger partial charge in [0.1, 0.15) is 5.82 Å². The second-order valence-corrected chi connectivity index (χ2v) is 7.28. The van der Waals surface area contributed by atoms with Crippen LogP contribution in [-0.2, 0) is 10.0 Å². The highest BCUT2D eigenvalue weighted by molar-refractivity contribution is 7.92. The molecule has 3 rings (SSSR count). The summed E-state index contributed by atoms with van der Waals surface area (Å²) >= 11 is 5.77. The topological polar surface area (TPSA) is 62.3 Å². The van der Waals surface area contributed by atoms with E-state index < -0.39 is 10.0 Å². The van der Waals surface area contributed by atoms with Crippen LogP contribution >= 0.6 is 11.6 Å². The Morgan fingerprint density at radius 2 is 1.73 bits per heavy atom. The first-order chi connectivity index (χ1) is 10.5. The van der Waals surface area contributed by atoms with Crippen molar-refractivity contribution in [1.82, 2.24) is 4.98 Å². The molecular weight excluding hydrogens is 322 g/mol. The fourth-order valence-electron chi connectivity index (χ4n) is 2.41. The van der Waals surface area contributed by atoms with Crippen LogP contribution in [0.3, 0.4) is 0 Å². The SMILES string of the molecule is O=S(=O)(Nc1ccc(N2CCCC2)nc1)c1ccc(Cl)cc1. The van der Waals surface area contributed by atoms with Gasteiger partial charge in [0.15, 0.2) is 0 Å². The molecule has 1 saturated heterocycles. The fraction of sp³-hybridized carbons (Fsp3) is 0.267. The summed E-state index contributed by atoms with van der Waals surface area (Å²) in [5.74, 6) is 0.881. The minimum Gasteiger partial charge on any atom is -0.357 e. The van der Waals surface area contributed by atoms with E-state index in [2.05, 4.69) is 14.6 Å². The summed E-state index contributed by atoms with van der Waals surface area (Å²) in [7, 11) is -3.62. The Morgan fingerprint density at radius 3 is 2.32 bits per heavy atom. The molecule has 0 unspecified atom stereocenters. The van der Waals surface area contributed by atoms with Crippen LogP contribution in [0.1, 0.15) is 12.8 Å². The van der Waals surface area contributed by atoms with Gasteiger partial charge in [-0.15, -0.1) is 0 Å². The molecule has 7 heteroatoms. The zero-order valence-corrected chi connectivity index (χ0v) is 13.4. The summed E-state index contributed by atoms with van der Waals surface area (Å²) < 4.78 is 27.0. The van der Waals surface area contributed by atoms with Crippen LogP contribution in [0, 0.1) is 0 Å². The number of sulfonamides is 1. The third-order valence-corrected chi connectivity index (χ3v) is 5.20. The maximum atomic E-state index is 12.3. The van der Waals surface area contributed by atoms with Crippen LogP contribution in [0.25, 0.3) is 0 Å². The van der Waals surface area contributed by atoms with Crippen molar-refractivity contribution in [2.75, 3.05) is 22.7 Å². The van der Waals surface area contributed by atoms with Crippen molar-refractivity contribution in [1.29, 1.82) is 0 Å². The first kappa shape index (κ1) is 15.1. The molecule has 1 aliphatic heterocycles. The number of rotatable bonds is 4. The molecular formula is C15H16ClN3O2S. The van der Waals surface area contributed by atoms with Gasteiger partial charge in [0.2, 0.25) is 0 Å². The van der Waals surface area contributed by atoms with Gasteiger partial charge in [0, 0.05) is 18.1 Å². The molecule has 2 aromatic rings. The number of hydrogen-bond acceptors (Lipinski definition) is 4. The predicted molar refractivity (Wildman–Crippen MR) is 87.9 cm³/mol. The Labute approximate surface area is 135 Å². The first-order valence-corrected chi connectivity index (χ1v) is 8.90. The van der Waals surface area contributed by atoms with Gasteiger partial charge in [-0.25, -0.2) is 13.4 Å². The lowest BCUT2D eigenvalue weighted by Gasteiger charge is -2.16. The van der Waals surface area contributed by atoms with Gasteiger partial charge in [-0.1, -0.05) is 11.6 Å². The molecule has 1 aliphatic rings. The molecule has 22 heavy (non-hydrogen) atoms. The van der Waals surface area contributed by atoms with Crippen molar-refractivity contribution in [3.05, 3.63) is 47.6 Å². The molecule has 0 radical (unpaired) electrons. The van der Waals surface area contributed by atoms with Crippen LogP contribution in [0.5, 0.6) is 0 Å². The van der Waals surface area contributed by atoms with E-state index in [1.807, 2.05) is 6.07 Å². The summed E-state index contributed by atoms with van der Waals surface area (Å²) in [6.45, 7) is 2.01. The highest BCUT2D eigenvalue weighted by atomic mass is 35.5. The van der Waals surface area contributed by atoms with Gasteiger partial charge >= 0.3 is 0 Å². The van der Waals surface area contributed by atoms with Crippen molar-refractivity contribution >= 4 is 33.1 Å². The van der Waals surface area contributed by atoms with E-state index in [1.54, 1.807) is 24.4 Å². The zero-order chi connectivity index (χ0) is 15.6. The largest absolute Gasteiger partial charge is 0.357 e. The number of hydrogen-bond donors (Lipinski definition) is 1. The lowest BCUT2D eigenvalue weighted by Crippen LogP contribution is -2.19. The lowest BCUT2D eigenvalue weighted by molar-refractivity contribution is 0.601. The molecule has 0 atom stereocenters. The Kier molecular flexibility index (Phi) is 4.22. The van der Waals surface area contributed by atoms with Gasteiger partial charge in [0.25, 0.3) is 10.0 Å². The molecule has 0 saturated carbocycles. The van der Waals surface area contributed by atoms with Crippen molar-refractivity contribution in [3.8, 4) is 0 Å². The molecule has 1 aromatic heterocycles. The lowest BCUT2D eigenvalue weighted by atomic mass is 10.4. The van der Waals surface area contributed by atoms with Crippen LogP contribution in [0.2, 0.25) is 5.02 Å². The molecule has 0 spiro atoms. The standard InChI is InChI=1S/C15H16ClN3O2S/c16-12-3-6-14(7-4-12)22(20,21)18-13-5-8-15(17-11-13)19-9-1-2-10-19/h3-8,11,18H,1-2,9-10H2. The average Bonchev–Trinajstić information content (AvgIpc) is 3.02.